The van der Waals surface area contributed by atoms with Crippen LogP contribution < -0.4 is 10.6 Å². The van der Waals surface area contributed by atoms with Crippen molar-refractivity contribution in [2.45, 2.75) is 59.7 Å². The first-order valence-electron chi connectivity index (χ1n) is 8.27. The Balaban J connectivity index is 1.83. The van der Waals surface area contributed by atoms with E-state index < -0.39 is 0 Å². The summed E-state index contributed by atoms with van der Waals surface area (Å²) in [7, 11) is 1.63. The predicted molar refractivity (Wildman–Crippen MR) is 88.0 cm³/mol. The smallest absolute Gasteiger partial charge is 0.315 e. The standard InChI is InChI=1S/C16H29N5O2/c1-11(2)16(3,4)10-17-15(22)18-12-6-7-14-19-13(9-23-5)20-21(14)8-12/h11-12H,6-10H2,1-5H3,(H2,17,18,22)/t12-/m1/s1. The second-order valence-electron chi connectivity index (χ2n) is 7.27. The highest BCUT2D eigenvalue weighted by Crippen LogP contribution is 2.24. The number of fused-ring (bicyclic) bond motifs is 1. The molecule has 2 N–H and O–H groups in total. The van der Waals surface area contributed by atoms with Crippen LogP contribution in [0.1, 0.15) is 45.8 Å². The third-order valence-corrected chi connectivity index (χ3v) is 4.78. The van der Waals surface area contributed by atoms with Crippen LogP contribution in [0.2, 0.25) is 0 Å². The number of aryl methyl sites for hydroxylation is 1. The second-order valence-corrected chi connectivity index (χ2v) is 7.27. The van der Waals surface area contributed by atoms with E-state index in [-0.39, 0.29) is 17.5 Å². The van der Waals surface area contributed by atoms with Crippen LogP contribution in [0.5, 0.6) is 0 Å². The van der Waals surface area contributed by atoms with Crippen LogP contribution in [0.25, 0.3) is 0 Å². The van der Waals surface area contributed by atoms with Gasteiger partial charge in [0.1, 0.15) is 12.4 Å². The number of nitrogens with zero attached hydrogens (tertiary/aromatic N) is 3. The van der Waals surface area contributed by atoms with E-state index in [1.54, 1.807) is 7.11 Å². The lowest BCUT2D eigenvalue weighted by Gasteiger charge is -2.30. The van der Waals surface area contributed by atoms with Gasteiger partial charge in [-0.15, -0.1) is 0 Å². The highest BCUT2D eigenvalue weighted by atomic mass is 16.5. The zero-order valence-electron chi connectivity index (χ0n) is 14.8. The fourth-order valence-electron chi connectivity index (χ4n) is 2.42. The van der Waals surface area contributed by atoms with Crippen LogP contribution in [-0.2, 0) is 24.3 Å². The van der Waals surface area contributed by atoms with E-state index in [0.29, 0.717) is 31.4 Å². The molecule has 7 nitrogen and oxygen atoms in total. The molecule has 130 valence electrons. The number of urea groups is 1. The Hall–Kier alpha value is -1.63. The minimum Gasteiger partial charge on any atom is -0.377 e. The lowest BCUT2D eigenvalue weighted by Crippen LogP contribution is -2.48. The Labute approximate surface area is 138 Å². The van der Waals surface area contributed by atoms with E-state index in [0.717, 1.165) is 18.7 Å². The van der Waals surface area contributed by atoms with Gasteiger partial charge in [-0.05, 0) is 17.8 Å². The minimum atomic E-state index is -0.107. The van der Waals surface area contributed by atoms with Crippen LogP contribution in [0.15, 0.2) is 0 Å². The molecule has 23 heavy (non-hydrogen) atoms. The summed E-state index contributed by atoms with van der Waals surface area (Å²) in [6.45, 7) is 10.4. The fourth-order valence-corrected chi connectivity index (χ4v) is 2.42. The van der Waals surface area contributed by atoms with Gasteiger partial charge in [0.25, 0.3) is 0 Å². The number of methoxy groups -OCH3 is 1. The number of carbonyl (C=O) groups is 1. The Morgan fingerprint density at radius 1 is 1.48 bits per heavy atom. The molecule has 1 aliphatic rings. The van der Waals surface area contributed by atoms with Crippen molar-refractivity contribution in [1.29, 1.82) is 0 Å². The van der Waals surface area contributed by atoms with Gasteiger partial charge in [0.05, 0.1) is 12.6 Å². The first-order chi connectivity index (χ1) is 10.8. The first kappa shape index (κ1) is 17.7. The minimum absolute atomic E-state index is 0.0814. The summed E-state index contributed by atoms with van der Waals surface area (Å²) in [5, 5.41) is 10.4. The second kappa shape index (κ2) is 7.29. The van der Waals surface area contributed by atoms with E-state index in [2.05, 4.69) is 48.4 Å². The maximum Gasteiger partial charge on any atom is 0.315 e. The molecule has 2 amide bonds. The molecule has 0 saturated carbocycles. The maximum absolute atomic E-state index is 12.1. The van der Waals surface area contributed by atoms with E-state index in [1.165, 1.54) is 0 Å². The number of carbonyl (C=O) groups excluding carboxylic acids is 1. The number of amides is 2. The van der Waals surface area contributed by atoms with Gasteiger partial charge in [0, 0.05) is 20.1 Å². The molecule has 1 aromatic rings. The first-order valence-corrected chi connectivity index (χ1v) is 8.27. The topological polar surface area (TPSA) is 81.1 Å². The Morgan fingerprint density at radius 3 is 2.87 bits per heavy atom. The summed E-state index contributed by atoms with van der Waals surface area (Å²) in [6, 6.07) is -0.0221. The van der Waals surface area contributed by atoms with Gasteiger partial charge in [-0.3, -0.25) is 0 Å². The summed E-state index contributed by atoms with van der Waals surface area (Å²) in [4.78, 5) is 16.6. The zero-order valence-corrected chi connectivity index (χ0v) is 14.8. The molecule has 0 saturated heterocycles. The van der Waals surface area contributed by atoms with Crippen molar-refractivity contribution >= 4 is 6.03 Å². The molecule has 1 aliphatic heterocycles. The van der Waals surface area contributed by atoms with E-state index in [9.17, 15) is 4.79 Å². The van der Waals surface area contributed by atoms with Gasteiger partial charge in [0.15, 0.2) is 5.82 Å². The maximum atomic E-state index is 12.1. The molecule has 1 aromatic heterocycles. The summed E-state index contributed by atoms with van der Waals surface area (Å²) in [6.07, 6.45) is 1.70. The lowest BCUT2D eigenvalue weighted by molar-refractivity contribution is 0.177. The molecule has 0 bridgehead atoms. The molecular formula is C16H29N5O2. The van der Waals surface area contributed by atoms with Crippen molar-refractivity contribution in [1.82, 2.24) is 25.4 Å². The molecule has 0 spiro atoms. The molecule has 0 aliphatic carbocycles. The van der Waals surface area contributed by atoms with Gasteiger partial charge in [-0.25, -0.2) is 14.5 Å². The molecule has 0 unspecified atom stereocenters. The van der Waals surface area contributed by atoms with E-state index >= 15 is 0 Å². The summed E-state index contributed by atoms with van der Waals surface area (Å²) in [5.41, 5.74) is 0.0814. The van der Waals surface area contributed by atoms with Crippen molar-refractivity contribution in [2.75, 3.05) is 13.7 Å². The Bertz CT molecular complexity index is 539. The van der Waals surface area contributed by atoms with Crippen LogP contribution in [0, 0.1) is 11.3 Å². The van der Waals surface area contributed by atoms with Crippen molar-refractivity contribution < 1.29 is 9.53 Å². The van der Waals surface area contributed by atoms with E-state index in [4.69, 9.17) is 4.74 Å². The number of aromatic nitrogens is 3. The van der Waals surface area contributed by atoms with Crippen molar-refractivity contribution in [3.8, 4) is 0 Å². The Kier molecular flexibility index (Phi) is 5.62. The number of hydrogen-bond acceptors (Lipinski definition) is 4. The molecule has 2 heterocycles. The van der Waals surface area contributed by atoms with Crippen LogP contribution in [0.3, 0.4) is 0 Å². The predicted octanol–water partition coefficient (Wildman–Crippen LogP) is 1.72. The highest BCUT2D eigenvalue weighted by Gasteiger charge is 2.25. The SMILES string of the molecule is COCc1nc2n(n1)C[C@H](NC(=O)NCC(C)(C)C(C)C)CC2. The largest absolute Gasteiger partial charge is 0.377 e. The van der Waals surface area contributed by atoms with E-state index in [1.807, 2.05) is 4.68 Å². The van der Waals surface area contributed by atoms with Crippen LogP contribution >= 0.6 is 0 Å². The van der Waals surface area contributed by atoms with Gasteiger partial charge >= 0.3 is 6.03 Å². The molecule has 0 fully saturated rings. The molecule has 0 radical (unpaired) electrons. The van der Waals surface area contributed by atoms with Crippen molar-refractivity contribution in [3.63, 3.8) is 0 Å². The highest BCUT2D eigenvalue weighted by molar-refractivity contribution is 5.74. The molecule has 2 rings (SSSR count). The molecule has 1 atom stereocenters. The van der Waals surface area contributed by atoms with Crippen molar-refractivity contribution in [3.05, 3.63) is 11.6 Å². The number of ether oxygens (including phenoxy) is 1. The lowest BCUT2D eigenvalue weighted by atomic mass is 9.81. The quantitative estimate of drug-likeness (QED) is 0.835. The summed E-state index contributed by atoms with van der Waals surface area (Å²) >= 11 is 0. The average Bonchev–Trinajstić information content (AvgIpc) is 2.87. The normalized spacial score (nSPS) is 17.9. The molecular weight excluding hydrogens is 294 g/mol. The number of nitrogens with one attached hydrogen (secondary N) is 2. The summed E-state index contributed by atoms with van der Waals surface area (Å²) in [5.74, 6) is 2.18. The van der Waals surface area contributed by atoms with Crippen molar-refractivity contribution in [2.24, 2.45) is 11.3 Å². The van der Waals surface area contributed by atoms with Gasteiger partial charge in [-0.2, -0.15) is 5.10 Å². The average molecular weight is 323 g/mol. The molecule has 7 heteroatoms. The number of rotatable bonds is 6. The monoisotopic (exact) mass is 323 g/mol. The van der Waals surface area contributed by atoms with Gasteiger partial charge in [-0.1, -0.05) is 27.7 Å². The fraction of sp³-hybridized carbons (Fsp3) is 0.812. The summed E-state index contributed by atoms with van der Waals surface area (Å²) < 4.78 is 6.94. The van der Waals surface area contributed by atoms with Gasteiger partial charge < -0.3 is 15.4 Å². The third kappa shape index (κ3) is 4.67. The number of hydrogen-bond donors (Lipinski definition) is 2. The van der Waals surface area contributed by atoms with Crippen LogP contribution in [0.4, 0.5) is 4.79 Å². The van der Waals surface area contributed by atoms with Gasteiger partial charge in [0.2, 0.25) is 0 Å². The van der Waals surface area contributed by atoms with Crippen LogP contribution in [-0.4, -0.2) is 40.5 Å². The zero-order chi connectivity index (χ0) is 17.0. The third-order valence-electron chi connectivity index (χ3n) is 4.78. The Morgan fingerprint density at radius 2 is 2.22 bits per heavy atom. The molecule has 0 aromatic carbocycles.